The minimum atomic E-state index is 0.122. The van der Waals surface area contributed by atoms with Gasteiger partial charge in [0.2, 0.25) is 5.91 Å². The van der Waals surface area contributed by atoms with E-state index in [4.69, 9.17) is 10.5 Å². The van der Waals surface area contributed by atoms with Crippen LogP contribution in [0.3, 0.4) is 0 Å². The van der Waals surface area contributed by atoms with Gasteiger partial charge in [-0.25, -0.2) is 0 Å². The van der Waals surface area contributed by atoms with Crippen LogP contribution in [0.1, 0.15) is 20.3 Å². The second-order valence-electron chi connectivity index (χ2n) is 3.94. The van der Waals surface area contributed by atoms with Crippen LogP contribution in [0, 0.1) is 0 Å². The van der Waals surface area contributed by atoms with Gasteiger partial charge in [-0.1, -0.05) is 13.8 Å². The van der Waals surface area contributed by atoms with E-state index in [0.717, 1.165) is 26.2 Å². The van der Waals surface area contributed by atoms with Gasteiger partial charge in [0.15, 0.2) is 0 Å². The number of rotatable bonds is 10. The summed E-state index contributed by atoms with van der Waals surface area (Å²) < 4.78 is 5.02. The first-order chi connectivity index (χ1) is 8.19. The predicted octanol–water partition coefficient (Wildman–Crippen LogP) is 0.152. The highest BCUT2D eigenvalue weighted by Gasteiger charge is 2.13. The van der Waals surface area contributed by atoms with Crippen LogP contribution >= 0.6 is 0 Å². The number of hydrogen-bond acceptors (Lipinski definition) is 4. The molecule has 0 fully saturated rings. The first-order valence-corrected chi connectivity index (χ1v) is 6.38. The van der Waals surface area contributed by atoms with Crippen LogP contribution in [-0.2, 0) is 9.53 Å². The van der Waals surface area contributed by atoms with Crippen molar-refractivity contribution in [2.45, 2.75) is 20.3 Å². The second kappa shape index (κ2) is 10.5. The Bertz CT molecular complexity index is 196. The first kappa shape index (κ1) is 16.4. The molecule has 0 aliphatic rings. The van der Waals surface area contributed by atoms with Crippen LogP contribution in [0.25, 0.3) is 0 Å². The molecule has 0 saturated heterocycles. The maximum Gasteiger partial charge on any atom is 0.223 e. The maximum atomic E-state index is 11.8. The maximum absolute atomic E-state index is 11.8. The summed E-state index contributed by atoms with van der Waals surface area (Å²) in [4.78, 5) is 16.0. The van der Waals surface area contributed by atoms with Crippen molar-refractivity contribution < 1.29 is 9.53 Å². The molecular formula is C12H27N3O2. The quantitative estimate of drug-likeness (QED) is 0.595. The summed E-state index contributed by atoms with van der Waals surface area (Å²) in [6.07, 6.45) is 0.419. The van der Waals surface area contributed by atoms with Gasteiger partial charge in [-0.3, -0.25) is 4.79 Å². The highest BCUT2D eigenvalue weighted by atomic mass is 16.5. The Morgan fingerprint density at radius 1 is 1.18 bits per heavy atom. The van der Waals surface area contributed by atoms with E-state index in [2.05, 4.69) is 18.7 Å². The van der Waals surface area contributed by atoms with Gasteiger partial charge in [0, 0.05) is 39.7 Å². The average Bonchev–Trinajstić information content (AvgIpc) is 2.34. The number of hydrogen-bond donors (Lipinski definition) is 1. The highest BCUT2D eigenvalue weighted by molar-refractivity contribution is 5.76. The van der Waals surface area contributed by atoms with E-state index in [0.29, 0.717) is 26.1 Å². The average molecular weight is 245 g/mol. The molecule has 0 aliphatic heterocycles. The lowest BCUT2D eigenvalue weighted by atomic mass is 10.3. The van der Waals surface area contributed by atoms with Crippen LogP contribution in [0.15, 0.2) is 0 Å². The molecule has 0 aliphatic carbocycles. The molecule has 0 heterocycles. The fourth-order valence-electron chi connectivity index (χ4n) is 1.65. The van der Waals surface area contributed by atoms with Crippen molar-refractivity contribution in [3.05, 3.63) is 0 Å². The first-order valence-electron chi connectivity index (χ1n) is 6.38. The van der Waals surface area contributed by atoms with Crippen LogP contribution < -0.4 is 5.73 Å². The number of ether oxygens (including phenoxy) is 1. The van der Waals surface area contributed by atoms with Crippen molar-refractivity contribution in [3.8, 4) is 0 Å². The van der Waals surface area contributed by atoms with Gasteiger partial charge < -0.3 is 20.3 Å². The Morgan fingerprint density at radius 3 is 2.29 bits per heavy atom. The fraction of sp³-hybridized carbons (Fsp3) is 0.917. The molecule has 0 saturated carbocycles. The molecule has 0 atom stereocenters. The molecule has 0 spiro atoms. The van der Waals surface area contributed by atoms with Crippen LogP contribution in [0.5, 0.6) is 0 Å². The lowest BCUT2D eigenvalue weighted by Crippen LogP contribution is -2.40. The van der Waals surface area contributed by atoms with Gasteiger partial charge in [-0.05, 0) is 13.1 Å². The molecule has 0 unspecified atom stereocenters. The summed E-state index contributed by atoms with van der Waals surface area (Å²) >= 11 is 0. The molecule has 0 aromatic carbocycles. The standard InChI is InChI=1S/C12H27N3O2/c1-4-14(5-2)8-9-15(10-11-17-3)12(16)6-7-13/h4-11,13H2,1-3H3. The third-order valence-electron chi connectivity index (χ3n) is 2.86. The van der Waals surface area contributed by atoms with Crippen molar-refractivity contribution in [3.63, 3.8) is 0 Å². The third-order valence-corrected chi connectivity index (χ3v) is 2.86. The Labute approximate surface area is 105 Å². The van der Waals surface area contributed by atoms with E-state index in [1.165, 1.54) is 0 Å². The zero-order valence-corrected chi connectivity index (χ0v) is 11.4. The van der Waals surface area contributed by atoms with Gasteiger partial charge in [0.05, 0.1) is 6.61 Å². The highest BCUT2D eigenvalue weighted by Crippen LogP contribution is 1.96. The van der Waals surface area contributed by atoms with Crippen LogP contribution in [0.4, 0.5) is 0 Å². The summed E-state index contributed by atoms with van der Waals surface area (Å²) in [5.74, 6) is 0.122. The summed E-state index contributed by atoms with van der Waals surface area (Å²) in [7, 11) is 1.65. The van der Waals surface area contributed by atoms with Gasteiger partial charge in [-0.15, -0.1) is 0 Å². The molecule has 1 amide bonds. The van der Waals surface area contributed by atoms with Crippen molar-refractivity contribution in [2.75, 3.05) is 53.0 Å². The Kier molecular flexibility index (Phi) is 10.1. The Hall–Kier alpha value is -0.650. The molecule has 0 bridgehead atoms. The number of methoxy groups -OCH3 is 1. The number of carbonyl (C=O) groups excluding carboxylic acids is 1. The van der Waals surface area contributed by atoms with E-state index in [1.807, 2.05) is 4.90 Å². The minimum Gasteiger partial charge on any atom is -0.383 e. The molecule has 0 aromatic heterocycles. The smallest absolute Gasteiger partial charge is 0.223 e. The van der Waals surface area contributed by atoms with Gasteiger partial charge in [0.1, 0.15) is 0 Å². The van der Waals surface area contributed by atoms with Crippen LogP contribution in [0.2, 0.25) is 0 Å². The summed E-state index contributed by atoms with van der Waals surface area (Å²) in [5, 5.41) is 0. The van der Waals surface area contributed by atoms with E-state index in [1.54, 1.807) is 7.11 Å². The molecule has 0 aromatic rings. The molecule has 5 heteroatoms. The number of carbonyl (C=O) groups is 1. The number of nitrogens with two attached hydrogens (primary N) is 1. The minimum absolute atomic E-state index is 0.122. The lowest BCUT2D eigenvalue weighted by molar-refractivity contribution is -0.131. The molecule has 17 heavy (non-hydrogen) atoms. The SMILES string of the molecule is CCN(CC)CCN(CCOC)C(=O)CCN. The van der Waals surface area contributed by atoms with Crippen molar-refractivity contribution >= 4 is 5.91 Å². The second-order valence-corrected chi connectivity index (χ2v) is 3.94. The van der Waals surface area contributed by atoms with Gasteiger partial charge in [-0.2, -0.15) is 0 Å². The predicted molar refractivity (Wildman–Crippen MR) is 69.9 cm³/mol. The number of likely N-dealkylation sites (N-methyl/N-ethyl adjacent to an activating group) is 1. The molecule has 5 nitrogen and oxygen atoms in total. The lowest BCUT2D eigenvalue weighted by Gasteiger charge is -2.26. The summed E-state index contributed by atoms with van der Waals surface area (Å²) in [5.41, 5.74) is 5.42. The van der Waals surface area contributed by atoms with Gasteiger partial charge >= 0.3 is 0 Å². The molecule has 102 valence electrons. The zero-order chi connectivity index (χ0) is 13.1. The van der Waals surface area contributed by atoms with E-state index >= 15 is 0 Å². The van der Waals surface area contributed by atoms with E-state index in [-0.39, 0.29) is 5.91 Å². The third kappa shape index (κ3) is 7.31. The number of nitrogens with zero attached hydrogens (tertiary/aromatic N) is 2. The Balaban J connectivity index is 4.12. The normalized spacial score (nSPS) is 10.9. The van der Waals surface area contributed by atoms with Crippen LogP contribution in [-0.4, -0.2) is 68.7 Å². The van der Waals surface area contributed by atoms with E-state index in [9.17, 15) is 4.79 Å². The topological polar surface area (TPSA) is 58.8 Å². The van der Waals surface area contributed by atoms with Gasteiger partial charge in [0.25, 0.3) is 0 Å². The van der Waals surface area contributed by atoms with Crippen molar-refractivity contribution in [1.82, 2.24) is 9.80 Å². The largest absolute Gasteiger partial charge is 0.383 e. The Morgan fingerprint density at radius 2 is 1.82 bits per heavy atom. The van der Waals surface area contributed by atoms with E-state index < -0.39 is 0 Å². The fourth-order valence-corrected chi connectivity index (χ4v) is 1.65. The van der Waals surface area contributed by atoms with Crippen molar-refractivity contribution in [1.29, 1.82) is 0 Å². The summed E-state index contributed by atoms with van der Waals surface area (Å²) in [6, 6.07) is 0. The summed E-state index contributed by atoms with van der Waals surface area (Å²) in [6.45, 7) is 9.59. The molecule has 2 N–H and O–H groups in total. The zero-order valence-electron chi connectivity index (χ0n) is 11.4. The molecular weight excluding hydrogens is 218 g/mol. The van der Waals surface area contributed by atoms with Crippen molar-refractivity contribution in [2.24, 2.45) is 5.73 Å². The molecule has 0 rings (SSSR count). The monoisotopic (exact) mass is 245 g/mol. The number of amides is 1. The molecule has 0 radical (unpaired) electrons.